The fourth-order valence-corrected chi connectivity index (χ4v) is 11.8. The van der Waals surface area contributed by atoms with Crippen LogP contribution < -0.4 is 9.47 Å². The molecule has 7 heteroatoms. The standard InChI is InChI=1S/C26H32F2.C21H24F2O.C21H25FO/c1-17-3-7-19(8-4-17)21-11-13-23(25(27)15-21)24-14-12-22(16-26(24)28)20-9-5-18(2)6-10-20;1-14-3-7-16(8-4-14)13-24-19-12-11-18(20(22)21(19)23)17-9-5-15(2)6-10-17;1-15-3-7-17(8-4-15)14-23-19-11-12-20(21(22)13-19)18-9-5-16(2)6-10-18/h11-20H,3-10H2,1-2H3;5-6,9-12,14,16H,3-4,7-8,13H2,1-2H3;5-6,9-13,15,17H,3-4,7-8,14H2,1-2H3. The van der Waals surface area contributed by atoms with Crippen LogP contribution in [0.5, 0.6) is 11.5 Å². The van der Waals surface area contributed by atoms with Crippen molar-refractivity contribution < 1.29 is 31.4 Å². The molecule has 6 aromatic carbocycles. The number of aryl methyl sites for hydroxylation is 2. The van der Waals surface area contributed by atoms with E-state index < -0.39 is 11.6 Å². The normalized spacial score (nSPS) is 23.7. The minimum absolute atomic E-state index is 0.0157. The first-order valence-corrected chi connectivity index (χ1v) is 28.4. The van der Waals surface area contributed by atoms with E-state index in [4.69, 9.17) is 9.47 Å². The smallest absolute Gasteiger partial charge is 0.201 e. The van der Waals surface area contributed by atoms with E-state index in [2.05, 4.69) is 27.7 Å². The number of halogens is 5. The third kappa shape index (κ3) is 15.4. The van der Waals surface area contributed by atoms with Crippen LogP contribution >= 0.6 is 0 Å². The van der Waals surface area contributed by atoms with E-state index in [-0.39, 0.29) is 28.8 Å². The summed E-state index contributed by atoms with van der Waals surface area (Å²) in [5.41, 5.74) is 7.64. The third-order valence-corrected chi connectivity index (χ3v) is 17.2. The highest BCUT2D eigenvalue weighted by Gasteiger charge is 2.25. The Balaban J connectivity index is 0.000000150. The van der Waals surface area contributed by atoms with Crippen LogP contribution in [0.2, 0.25) is 0 Å². The molecule has 400 valence electrons. The molecular formula is C68H81F5O2. The summed E-state index contributed by atoms with van der Waals surface area (Å²) >= 11 is 0. The van der Waals surface area contributed by atoms with Crippen molar-refractivity contribution in [2.45, 2.75) is 156 Å². The molecule has 0 radical (unpaired) electrons. The first-order valence-electron chi connectivity index (χ1n) is 28.4. The Hall–Kier alpha value is -5.43. The second kappa shape index (κ2) is 26.6. The molecule has 0 aromatic heterocycles. The van der Waals surface area contributed by atoms with Gasteiger partial charge in [0.2, 0.25) is 5.82 Å². The summed E-state index contributed by atoms with van der Waals surface area (Å²) in [5, 5.41) is 0. The molecule has 0 amide bonds. The van der Waals surface area contributed by atoms with Gasteiger partial charge < -0.3 is 9.47 Å². The molecule has 4 saturated carbocycles. The van der Waals surface area contributed by atoms with Crippen molar-refractivity contribution in [3.63, 3.8) is 0 Å². The van der Waals surface area contributed by atoms with Crippen molar-refractivity contribution in [3.05, 3.63) is 167 Å². The zero-order valence-corrected chi connectivity index (χ0v) is 45.5. The molecule has 2 nitrogen and oxygen atoms in total. The third-order valence-electron chi connectivity index (χ3n) is 17.2. The van der Waals surface area contributed by atoms with Gasteiger partial charge >= 0.3 is 0 Å². The molecule has 75 heavy (non-hydrogen) atoms. The van der Waals surface area contributed by atoms with E-state index in [9.17, 15) is 22.0 Å². The molecular weight excluding hydrogens is 944 g/mol. The molecule has 6 aromatic rings. The van der Waals surface area contributed by atoms with E-state index >= 15 is 0 Å². The summed E-state index contributed by atoms with van der Waals surface area (Å²) in [5.74, 6) is 3.23. The van der Waals surface area contributed by atoms with E-state index in [1.54, 1.807) is 48.5 Å². The van der Waals surface area contributed by atoms with Crippen molar-refractivity contribution >= 4 is 0 Å². The minimum Gasteiger partial charge on any atom is -0.493 e. The van der Waals surface area contributed by atoms with Gasteiger partial charge in [-0.25, -0.2) is 17.6 Å². The molecule has 0 atom stereocenters. The van der Waals surface area contributed by atoms with Crippen LogP contribution in [-0.2, 0) is 0 Å². The van der Waals surface area contributed by atoms with Gasteiger partial charge in [0.25, 0.3) is 0 Å². The van der Waals surface area contributed by atoms with E-state index in [1.807, 2.05) is 74.5 Å². The zero-order valence-electron chi connectivity index (χ0n) is 45.5. The molecule has 10 rings (SSSR count). The molecule has 0 aliphatic heterocycles. The number of benzene rings is 6. The maximum atomic E-state index is 14.9. The molecule has 4 aliphatic rings. The first-order chi connectivity index (χ1) is 36.2. The van der Waals surface area contributed by atoms with Crippen molar-refractivity contribution in [1.82, 2.24) is 0 Å². The number of hydrogen-bond acceptors (Lipinski definition) is 2. The van der Waals surface area contributed by atoms with Gasteiger partial charge in [-0.1, -0.05) is 163 Å². The van der Waals surface area contributed by atoms with E-state index in [1.165, 1.54) is 75.8 Å². The van der Waals surface area contributed by atoms with Gasteiger partial charge in [0.15, 0.2) is 11.6 Å². The summed E-state index contributed by atoms with van der Waals surface area (Å²) in [7, 11) is 0. The van der Waals surface area contributed by atoms with Crippen LogP contribution in [0, 0.1) is 78.4 Å². The van der Waals surface area contributed by atoms with E-state index in [0.717, 1.165) is 84.5 Å². The second-order valence-corrected chi connectivity index (χ2v) is 23.4. The Labute approximate surface area is 445 Å². The summed E-state index contributed by atoms with van der Waals surface area (Å²) < 4.78 is 84.3. The SMILES string of the molecule is CC1CCC(c2ccc(-c3ccc(C4CCC(C)CC4)cc3F)c(F)c2)CC1.Cc1ccc(-c2ccc(OCC3CCC(C)CC3)c(F)c2F)cc1.Cc1ccc(-c2ccc(OCC3CCC(C)CC3)cc2F)cc1. The lowest BCUT2D eigenvalue weighted by Crippen LogP contribution is -2.19. The highest BCUT2D eigenvalue weighted by Crippen LogP contribution is 2.40. The van der Waals surface area contributed by atoms with Gasteiger partial charge in [-0.3, -0.25) is 0 Å². The monoisotopic (exact) mass is 1020 g/mol. The second-order valence-electron chi connectivity index (χ2n) is 23.4. The van der Waals surface area contributed by atoms with Crippen LogP contribution in [0.15, 0.2) is 115 Å². The van der Waals surface area contributed by atoms with Crippen molar-refractivity contribution in [2.75, 3.05) is 13.2 Å². The van der Waals surface area contributed by atoms with Gasteiger partial charge in [0.1, 0.15) is 23.2 Å². The highest BCUT2D eigenvalue weighted by molar-refractivity contribution is 5.67. The van der Waals surface area contributed by atoms with Gasteiger partial charge in [-0.05, 0) is 171 Å². The summed E-state index contributed by atoms with van der Waals surface area (Å²) in [6.07, 6.45) is 19.0. The van der Waals surface area contributed by atoms with Gasteiger partial charge in [-0.2, -0.15) is 4.39 Å². The van der Waals surface area contributed by atoms with Gasteiger partial charge in [-0.15, -0.1) is 0 Å². The largest absolute Gasteiger partial charge is 0.493 e. The number of hydrogen-bond donors (Lipinski definition) is 0. The lowest BCUT2D eigenvalue weighted by Gasteiger charge is -2.27. The number of ether oxygens (including phenoxy) is 2. The summed E-state index contributed by atoms with van der Waals surface area (Å²) in [6.45, 7) is 14.3. The fourth-order valence-electron chi connectivity index (χ4n) is 11.8. The maximum Gasteiger partial charge on any atom is 0.201 e. The Bertz CT molecular complexity index is 2670. The predicted octanol–water partition coefficient (Wildman–Crippen LogP) is 20.4. The maximum absolute atomic E-state index is 14.9. The van der Waals surface area contributed by atoms with Gasteiger partial charge in [0.05, 0.1) is 13.2 Å². The van der Waals surface area contributed by atoms with Crippen molar-refractivity contribution in [1.29, 1.82) is 0 Å². The Morgan fingerprint density at radius 3 is 1.16 bits per heavy atom. The summed E-state index contributed by atoms with van der Waals surface area (Å²) in [4.78, 5) is 0. The average Bonchev–Trinajstić information content (AvgIpc) is 3.41. The molecule has 0 bridgehead atoms. The number of rotatable bonds is 11. The molecule has 0 unspecified atom stereocenters. The minimum atomic E-state index is -0.891. The van der Waals surface area contributed by atoms with Crippen LogP contribution in [-0.4, -0.2) is 13.2 Å². The van der Waals surface area contributed by atoms with Crippen molar-refractivity contribution in [2.24, 2.45) is 35.5 Å². The Morgan fingerprint density at radius 2 is 0.733 bits per heavy atom. The lowest BCUT2D eigenvalue weighted by molar-refractivity contribution is 0.182. The molecule has 0 spiro atoms. The quantitative estimate of drug-likeness (QED) is 0.120. The van der Waals surface area contributed by atoms with Gasteiger partial charge in [0, 0.05) is 28.3 Å². The van der Waals surface area contributed by atoms with Crippen LogP contribution in [0.25, 0.3) is 33.4 Å². The molecule has 0 saturated heterocycles. The topological polar surface area (TPSA) is 18.5 Å². The highest BCUT2D eigenvalue weighted by atomic mass is 19.2. The van der Waals surface area contributed by atoms with Crippen LogP contribution in [0.1, 0.15) is 165 Å². The first kappa shape index (κ1) is 55.8. The lowest BCUT2D eigenvalue weighted by atomic mass is 9.78. The molecule has 4 fully saturated rings. The molecule has 0 heterocycles. The summed E-state index contributed by atoms with van der Waals surface area (Å²) in [6, 6.07) is 34.5. The Kier molecular flexibility index (Phi) is 19.8. The van der Waals surface area contributed by atoms with Crippen molar-refractivity contribution in [3.8, 4) is 44.9 Å². The van der Waals surface area contributed by atoms with Crippen LogP contribution in [0.4, 0.5) is 22.0 Å². The molecule has 0 N–H and O–H groups in total. The predicted molar refractivity (Wildman–Crippen MR) is 299 cm³/mol. The van der Waals surface area contributed by atoms with E-state index in [0.29, 0.717) is 64.9 Å². The Morgan fingerprint density at radius 1 is 0.360 bits per heavy atom. The fraction of sp³-hybridized carbons (Fsp3) is 0.471. The molecule has 4 aliphatic carbocycles. The van der Waals surface area contributed by atoms with Crippen LogP contribution in [0.3, 0.4) is 0 Å². The zero-order chi connectivity index (χ0) is 53.0. The average molecular weight is 1030 g/mol.